The van der Waals surface area contributed by atoms with Crippen LogP contribution in [0, 0.1) is 0 Å². The first kappa shape index (κ1) is 12.8. The standard InChI is InChI=1S/C6H10N2OS.Al.Li.4H/c9-5-8-2-1-7-3-4-10-6(7)8;;;;;;/h1-2,6,9H,3-5H2;;;;;;/q;+3;+1;4*-1. The number of hydrogen-bond acceptors (Lipinski definition) is 4. The van der Waals surface area contributed by atoms with E-state index in [-0.39, 0.29) is 48.7 Å². The Morgan fingerprint density at radius 3 is 3.00 bits per heavy atom. The molecule has 2 rings (SSSR count). The topological polar surface area (TPSA) is 26.7 Å². The average molecular weight is 196 g/mol. The van der Waals surface area contributed by atoms with Crippen LogP contribution in [-0.4, -0.2) is 56.8 Å². The van der Waals surface area contributed by atoms with E-state index in [0.717, 1.165) is 6.54 Å². The molecule has 3 nitrogen and oxygen atoms in total. The summed E-state index contributed by atoms with van der Waals surface area (Å²) in [6, 6.07) is 0. The second kappa shape index (κ2) is 5.50. The molecule has 12 heavy (non-hydrogen) atoms. The quantitative estimate of drug-likeness (QED) is 0.456. The zero-order valence-corrected chi connectivity index (χ0v) is 9.15. The van der Waals surface area contributed by atoms with Gasteiger partial charge in [0.15, 0.2) is 5.50 Å². The van der Waals surface area contributed by atoms with Crippen LogP contribution < -0.4 is 18.9 Å². The molecule has 1 unspecified atom stereocenters. The molecule has 0 bridgehead atoms. The van der Waals surface area contributed by atoms with Crippen LogP contribution in [0.3, 0.4) is 0 Å². The Morgan fingerprint density at radius 2 is 2.33 bits per heavy atom. The maximum Gasteiger partial charge on any atom is 3.00 e. The van der Waals surface area contributed by atoms with Gasteiger partial charge < -0.3 is 20.6 Å². The first-order valence-electron chi connectivity index (χ1n) is 3.34. The maximum atomic E-state index is 8.85. The summed E-state index contributed by atoms with van der Waals surface area (Å²) < 4.78 is 0. The van der Waals surface area contributed by atoms with E-state index in [2.05, 4.69) is 4.90 Å². The van der Waals surface area contributed by atoms with Gasteiger partial charge in [-0.25, -0.2) is 0 Å². The number of aliphatic hydroxyl groups is 1. The molecule has 2 aliphatic heterocycles. The number of rotatable bonds is 1. The molecule has 2 heterocycles. The van der Waals surface area contributed by atoms with E-state index >= 15 is 0 Å². The van der Waals surface area contributed by atoms with E-state index in [1.807, 2.05) is 29.1 Å². The second-order valence-electron chi connectivity index (χ2n) is 2.39. The maximum absolute atomic E-state index is 8.85. The Balaban J connectivity index is -0.0000000672. The molecule has 0 aromatic carbocycles. The van der Waals surface area contributed by atoms with E-state index in [0.29, 0.717) is 5.50 Å². The molecule has 1 atom stereocenters. The summed E-state index contributed by atoms with van der Waals surface area (Å²) in [4.78, 5) is 4.17. The second-order valence-corrected chi connectivity index (χ2v) is 3.55. The van der Waals surface area contributed by atoms with Gasteiger partial charge in [0.05, 0.1) is 0 Å². The smallest absolute Gasteiger partial charge is 1.00 e. The Labute approximate surface area is 105 Å². The number of nitrogens with zero attached hydrogens (tertiary/aromatic N) is 2. The van der Waals surface area contributed by atoms with E-state index in [1.165, 1.54) is 5.75 Å². The third kappa shape index (κ3) is 2.17. The molecular weight excluding hydrogens is 182 g/mol. The molecular formula is C6H14AlLiN2OS. The van der Waals surface area contributed by atoms with Gasteiger partial charge in [0.1, 0.15) is 6.73 Å². The molecule has 6 heteroatoms. The van der Waals surface area contributed by atoms with Crippen molar-refractivity contribution in [2.45, 2.75) is 5.50 Å². The fourth-order valence-corrected chi connectivity index (χ4v) is 2.49. The Morgan fingerprint density at radius 1 is 1.58 bits per heavy atom. The Hall–Kier alpha value is 0.780. The van der Waals surface area contributed by atoms with Crippen molar-refractivity contribution >= 4 is 29.1 Å². The summed E-state index contributed by atoms with van der Waals surface area (Å²) in [6.45, 7) is 1.24. The molecule has 0 aliphatic carbocycles. The predicted octanol–water partition coefficient (Wildman–Crippen LogP) is -2.87. The molecule has 0 saturated carbocycles. The number of fused-ring (bicyclic) bond motifs is 1. The zero-order valence-electron chi connectivity index (χ0n) is 11.2. The van der Waals surface area contributed by atoms with Gasteiger partial charge >= 0.3 is 36.2 Å². The Kier molecular flexibility index (Phi) is 5.85. The van der Waals surface area contributed by atoms with Crippen LogP contribution in [0.4, 0.5) is 0 Å². The fraction of sp³-hybridized carbons (Fsp3) is 0.667. The molecule has 0 spiro atoms. The average Bonchev–Trinajstić information content (AvgIpc) is 2.44. The van der Waals surface area contributed by atoms with Crippen molar-refractivity contribution in [2.24, 2.45) is 0 Å². The number of aliphatic hydroxyl groups excluding tert-OH is 1. The molecule has 64 valence electrons. The first-order valence-corrected chi connectivity index (χ1v) is 4.39. The van der Waals surface area contributed by atoms with Crippen molar-refractivity contribution in [3.63, 3.8) is 0 Å². The van der Waals surface area contributed by atoms with Crippen LogP contribution in [0.1, 0.15) is 5.71 Å². The summed E-state index contributed by atoms with van der Waals surface area (Å²) in [7, 11) is 0. The van der Waals surface area contributed by atoms with Gasteiger partial charge in [-0.1, -0.05) is 0 Å². The summed E-state index contributed by atoms with van der Waals surface area (Å²) >= 11 is 1.87. The van der Waals surface area contributed by atoms with E-state index in [4.69, 9.17) is 5.11 Å². The monoisotopic (exact) mass is 196 g/mol. The van der Waals surface area contributed by atoms with Gasteiger partial charge in [-0.3, -0.25) is 0 Å². The molecule has 0 amide bonds. The summed E-state index contributed by atoms with van der Waals surface area (Å²) in [5.41, 5.74) is 0.380. The van der Waals surface area contributed by atoms with Crippen molar-refractivity contribution in [3.8, 4) is 0 Å². The van der Waals surface area contributed by atoms with Crippen LogP contribution in [0.25, 0.3) is 0 Å². The van der Waals surface area contributed by atoms with Crippen molar-refractivity contribution in [3.05, 3.63) is 12.4 Å². The minimum Gasteiger partial charge on any atom is -1.00 e. The van der Waals surface area contributed by atoms with E-state index < -0.39 is 0 Å². The van der Waals surface area contributed by atoms with Gasteiger partial charge in [-0.05, 0) is 0 Å². The van der Waals surface area contributed by atoms with Crippen molar-refractivity contribution < 1.29 is 29.7 Å². The normalized spacial score (nSPS) is 24.9. The molecule has 0 aromatic rings. The molecule has 1 fully saturated rings. The minimum atomic E-state index is 0. The van der Waals surface area contributed by atoms with E-state index in [1.54, 1.807) is 0 Å². The third-order valence-corrected chi connectivity index (χ3v) is 3.05. The predicted molar refractivity (Wildman–Crippen MR) is 51.2 cm³/mol. The van der Waals surface area contributed by atoms with Gasteiger partial charge in [-0.2, -0.15) is 0 Å². The molecule has 0 aromatic heterocycles. The largest absolute Gasteiger partial charge is 3.00 e. The molecule has 1 saturated heterocycles. The van der Waals surface area contributed by atoms with E-state index in [9.17, 15) is 0 Å². The molecule has 0 radical (unpaired) electrons. The fourth-order valence-electron chi connectivity index (χ4n) is 1.27. The number of thioether (sulfide) groups is 1. The van der Waals surface area contributed by atoms with Crippen LogP contribution >= 0.6 is 11.8 Å². The minimum absolute atomic E-state index is 0. The first-order chi connectivity index (χ1) is 4.92. The van der Waals surface area contributed by atoms with Crippen molar-refractivity contribution in [1.29, 1.82) is 0 Å². The van der Waals surface area contributed by atoms with Crippen molar-refractivity contribution in [1.82, 2.24) is 9.80 Å². The SMILES string of the molecule is OCN1C=CN2CCSC12.[Al+3].[H-].[H-].[H-].[H-].[Li+]. The van der Waals surface area contributed by atoms with Crippen LogP contribution in [0.15, 0.2) is 12.4 Å². The van der Waals surface area contributed by atoms with Gasteiger partial charge in [0.25, 0.3) is 0 Å². The molecule has 2 aliphatic rings. The zero-order chi connectivity index (χ0) is 6.97. The van der Waals surface area contributed by atoms with Crippen LogP contribution in [-0.2, 0) is 0 Å². The summed E-state index contributed by atoms with van der Waals surface area (Å²) in [6.07, 6.45) is 3.98. The summed E-state index contributed by atoms with van der Waals surface area (Å²) in [5.74, 6) is 1.17. The van der Waals surface area contributed by atoms with Gasteiger partial charge in [0.2, 0.25) is 0 Å². The van der Waals surface area contributed by atoms with Gasteiger partial charge in [0, 0.05) is 24.7 Å². The Bertz CT molecular complexity index is 185. The third-order valence-electron chi connectivity index (χ3n) is 1.80. The van der Waals surface area contributed by atoms with Gasteiger partial charge in [-0.15, -0.1) is 11.8 Å². The van der Waals surface area contributed by atoms with Crippen molar-refractivity contribution in [2.75, 3.05) is 19.0 Å². The van der Waals surface area contributed by atoms with Crippen LogP contribution in [0.5, 0.6) is 0 Å². The number of hydrogen-bond donors (Lipinski definition) is 1. The molecule has 1 N–H and O–H groups in total. The van der Waals surface area contributed by atoms with Crippen LogP contribution in [0.2, 0.25) is 0 Å². The summed E-state index contributed by atoms with van der Waals surface area (Å²) in [5, 5.41) is 8.85.